The average molecular weight is 477 g/mol. The van der Waals surface area contributed by atoms with Gasteiger partial charge in [-0.2, -0.15) is 13.2 Å². The first-order valence-electron chi connectivity index (χ1n) is 10.8. The number of halogens is 3. The van der Waals surface area contributed by atoms with Gasteiger partial charge in [0.05, 0.1) is 41.3 Å². The van der Waals surface area contributed by atoms with Crippen molar-refractivity contribution in [1.82, 2.24) is 19.9 Å². The molecular formula is C23H27F3N6O2. The second kappa shape index (κ2) is 8.46. The van der Waals surface area contributed by atoms with Crippen molar-refractivity contribution in [2.75, 3.05) is 25.1 Å². The first kappa shape index (κ1) is 23.8. The number of hydrogen-bond acceptors (Lipinski definition) is 6. The normalized spacial score (nSPS) is 19.5. The van der Waals surface area contributed by atoms with Crippen LogP contribution in [0.2, 0.25) is 0 Å². The lowest BCUT2D eigenvalue weighted by molar-refractivity contribution is -0.149. The number of rotatable bonds is 5. The number of hydrogen-bond donors (Lipinski definition) is 2. The van der Waals surface area contributed by atoms with Crippen molar-refractivity contribution in [2.24, 2.45) is 12.8 Å². The number of fused-ring (bicyclic) bond motifs is 1. The van der Waals surface area contributed by atoms with Gasteiger partial charge >= 0.3 is 6.18 Å². The van der Waals surface area contributed by atoms with E-state index < -0.39 is 23.7 Å². The lowest BCUT2D eigenvalue weighted by Crippen LogP contribution is -2.44. The molecule has 0 radical (unpaired) electrons. The Balaban J connectivity index is 1.92. The second-order valence-electron chi connectivity index (χ2n) is 9.03. The summed E-state index contributed by atoms with van der Waals surface area (Å²) in [5.41, 5.74) is 9.13. The molecule has 1 amide bonds. The molecule has 3 heterocycles. The molecule has 2 atom stereocenters. The maximum absolute atomic E-state index is 13.2. The fourth-order valence-electron chi connectivity index (χ4n) is 4.21. The van der Waals surface area contributed by atoms with E-state index in [-0.39, 0.29) is 11.4 Å². The number of nitrogens with two attached hydrogens (primary N) is 1. The summed E-state index contributed by atoms with van der Waals surface area (Å²) in [6.45, 7) is 3.74. The van der Waals surface area contributed by atoms with Gasteiger partial charge < -0.3 is 25.3 Å². The Morgan fingerprint density at radius 1 is 1.32 bits per heavy atom. The third-order valence-electron chi connectivity index (χ3n) is 6.13. The van der Waals surface area contributed by atoms with Crippen LogP contribution in [-0.2, 0) is 7.05 Å². The Morgan fingerprint density at radius 2 is 2.06 bits per heavy atom. The summed E-state index contributed by atoms with van der Waals surface area (Å²) < 4.78 is 46.9. The highest BCUT2D eigenvalue weighted by Gasteiger charge is 2.39. The number of aromatic nitrogens is 3. The molecule has 1 aliphatic heterocycles. The van der Waals surface area contributed by atoms with Crippen LogP contribution < -0.4 is 20.7 Å². The molecule has 3 aromatic rings. The summed E-state index contributed by atoms with van der Waals surface area (Å²) in [5, 5.41) is 2.05. The van der Waals surface area contributed by atoms with Gasteiger partial charge in [0.2, 0.25) is 5.88 Å². The zero-order valence-corrected chi connectivity index (χ0v) is 19.4. The van der Waals surface area contributed by atoms with Gasteiger partial charge in [-0.3, -0.25) is 4.79 Å². The van der Waals surface area contributed by atoms with E-state index in [1.807, 2.05) is 41.6 Å². The molecule has 1 saturated heterocycles. The van der Waals surface area contributed by atoms with Gasteiger partial charge in [-0.05, 0) is 38.0 Å². The monoisotopic (exact) mass is 476 g/mol. The standard InChI is InChI=1S/C23H27F3N6O2/c1-13(23(24,25)26)30-20(33)15-10-28-21(34-4)18(19(15)32-8-7-22(2,27)11-32)14-5-6-16-17(9-14)31(3)12-29-16/h5-6,9-10,12-13H,7-8,11,27H2,1-4H3,(H,30,33)/t13?,22-/m0/s1. The molecule has 4 rings (SSSR count). The summed E-state index contributed by atoms with van der Waals surface area (Å²) in [7, 11) is 3.32. The van der Waals surface area contributed by atoms with E-state index in [9.17, 15) is 18.0 Å². The van der Waals surface area contributed by atoms with Crippen LogP contribution >= 0.6 is 0 Å². The smallest absolute Gasteiger partial charge is 0.408 e. The number of pyridine rings is 1. The van der Waals surface area contributed by atoms with E-state index in [0.29, 0.717) is 36.3 Å². The second-order valence-corrected chi connectivity index (χ2v) is 9.03. The number of nitrogens with zero attached hydrogens (tertiary/aromatic N) is 4. The van der Waals surface area contributed by atoms with Crippen LogP contribution in [0.1, 0.15) is 30.6 Å². The fraction of sp³-hybridized carbons (Fsp3) is 0.435. The summed E-state index contributed by atoms with van der Waals surface area (Å²) in [5.74, 6) is -0.619. The largest absolute Gasteiger partial charge is 0.480 e. The summed E-state index contributed by atoms with van der Waals surface area (Å²) >= 11 is 0. The number of methoxy groups -OCH3 is 1. The molecule has 1 fully saturated rings. The molecule has 182 valence electrons. The summed E-state index contributed by atoms with van der Waals surface area (Å²) in [6, 6.07) is 3.53. The van der Waals surface area contributed by atoms with Gasteiger partial charge in [-0.15, -0.1) is 0 Å². The quantitative estimate of drug-likeness (QED) is 0.587. The van der Waals surface area contributed by atoms with Crippen molar-refractivity contribution in [3.05, 3.63) is 36.3 Å². The molecule has 0 aliphatic carbocycles. The van der Waals surface area contributed by atoms with Crippen molar-refractivity contribution >= 4 is 22.6 Å². The van der Waals surface area contributed by atoms with E-state index >= 15 is 0 Å². The van der Waals surface area contributed by atoms with Crippen LogP contribution in [0, 0.1) is 0 Å². The minimum Gasteiger partial charge on any atom is -0.480 e. The first-order chi connectivity index (χ1) is 15.9. The van der Waals surface area contributed by atoms with Crippen molar-refractivity contribution in [1.29, 1.82) is 0 Å². The van der Waals surface area contributed by atoms with Crippen molar-refractivity contribution in [2.45, 2.75) is 38.0 Å². The van der Waals surface area contributed by atoms with E-state index in [1.54, 1.807) is 6.33 Å². The molecule has 3 N–H and O–H groups in total. The maximum Gasteiger partial charge on any atom is 0.408 e. The number of alkyl halides is 3. The predicted molar refractivity (Wildman–Crippen MR) is 123 cm³/mol. The van der Waals surface area contributed by atoms with Gasteiger partial charge in [0.15, 0.2) is 0 Å². The molecule has 0 saturated carbocycles. The molecule has 0 bridgehead atoms. The predicted octanol–water partition coefficient (Wildman–Crippen LogP) is 3.25. The third-order valence-corrected chi connectivity index (χ3v) is 6.13. The van der Waals surface area contributed by atoms with E-state index in [0.717, 1.165) is 18.0 Å². The van der Waals surface area contributed by atoms with E-state index in [1.165, 1.54) is 13.3 Å². The highest BCUT2D eigenvalue weighted by Crippen LogP contribution is 2.42. The molecule has 0 spiro atoms. The zero-order valence-electron chi connectivity index (χ0n) is 19.4. The highest BCUT2D eigenvalue weighted by molar-refractivity contribution is 6.05. The Labute approximate surface area is 194 Å². The lowest BCUT2D eigenvalue weighted by atomic mass is 9.99. The highest BCUT2D eigenvalue weighted by atomic mass is 19.4. The van der Waals surface area contributed by atoms with Gasteiger partial charge in [-0.1, -0.05) is 6.07 Å². The van der Waals surface area contributed by atoms with Crippen LogP contribution in [0.5, 0.6) is 5.88 Å². The van der Waals surface area contributed by atoms with Crippen LogP contribution in [0.4, 0.5) is 18.9 Å². The van der Waals surface area contributed by atoms with Crippen molar-refractivity contribution < 1.29 is 22.7 Å². The van der Waals surface area contributed by atoms with Crippen LogP contribution in [-0.4, -0.2) is 58.4 Å². The summed E-state index contributed by atoms with van der Waals surface area (Å²) in [6.07, 6.45) is -0.983. The number of imidazole rings is 1. The van der Waals surface area contributed by atoms with Crippen LogP contribution in [0.3, 0.4) is 0 Å². The van der Waals surface area contributed by atoms with Gasteiger partial charge in [0.25, 0.3) is 5.91 Å². The molecule has 34 heavy (non-hydrogen) atoms. The molecule has 2 aromatic heterocycles. The number of nitrogens with one attached hydrogen (secondary N) is 1. The Hall–Kier alpha value is -3.34. The number of amides is 1. The molecule has 11 heteroatoms. The lowest BCUT2D eigenvalue weighted by Gasteiger charge is -2.28. The van der Waals surface area contributed by atoms with Gasteiger partial charge in [0, 0.05) is 31.9 Å². The Bertz CT molecular complexity index is 1240. The Kier molecular flexibility index (Phi) is 5.92. The van der Waals surface area contributed by atoms with Crippen molar-refractivity contribution in [3.63, 3.8) is 0 Å². The fourth-order valence-corrected chi connectivity index (χ4v) is 4.21. The van der Waals surface area contributed by atoms with Crippen LogP contribution in [0.15, 0.2) is 30.7 Å². The van der Waals surface area contributed by atoms with E-state index in [2.05, 4.69) is 15.3 Å². The number of anilines is 1. The molecule has 1 aromatic carbocycles. The first-order valence-corrected chi connectivity index (χ1v) is 10.8. The third kappa shape index (κ3) is 4.39. The number of aryl methyl sites for hydroxylation is 1. The molecule has 1 unspecified atom stereocenters. The van der Waals surface area contributed by atoms with Crippen molar-refractivity contribution in [3.8, 4) is 17.0 Å². The topological polar surface area (TPSA) is 98.3 Å². The molecular weight excluding hydrogens is 449 g/mol. The van der Waals surface area contributed by atoms with Gasteiger partial charge in [-0.25, -0.2) is 9.97 Å². The minimum atomic E-state index is -4.58. The zero-order chi connectivity index (χ0) is 24.8. The van der Waals surface area contributed by atoms with Gasteiger partial charge in [0.1, 0.15) is 6.04 Å². The maximum atomic E-state index is 13.2. The summed E-state index contributed by atoms with van der Waals surface area (Å²) in [4.78, 5) is 23.6. The number of ether oxygens (including phenoxy) is 1. The number of benzene rings is 1. The number of carbonyl (C=O) groups excluding carboxylic acids is 1. The SMILES string of the molecule is COc1ncc(C(=O)NC(C)C(F)(F)F)c(N2CC[C@](C)(N)C2)c1-c1ccc2ncn(C)c2c1. The molecule has 8 nitrogen and oxygen atoms in total. The van der Waals surface area contributed by atoms with E-state index in [4.69, 9.17) is 10.5 Å². The molecule has 1 aliphatic rings. The van der Waals surface area contributed by atoms with Crippen LogP contribution in [0.25, 0.3) is 22.2 Å². The minimum absolute atomic E-state index is 0.0229. The Morgan fingerprint density at radius 3 is 2.68 bits per heavy atom. The average Bonchev–Trinajstić information content (AvgIpc) is 3.33. The number of carbonyl (C=O) groups is 1.